The van der Waals surface area contributed by atoms with Gasteiger partial charge in [-0.2, -0.15) is 5.10 Å². The molecule has 1 amide bonds. The van der Waals surface area contributed by atoms with Crippen molar-refractivity contribution in [2.75, 3.05) is 26.2 Å². The average molecular weight is 377 g/mol. The molecule has 1 aromatic heterocycles. The molecule has 28 heavy (non-hydrogen) atoms. The van der Waals surface area contributed by atoms with Crippen LogP contribution in [0.3, 0.4) is 0 Å². The summed E-state index contributed by atoms with van der Waals surface area (Å²) in [5.74, 6) is -0.0860. The molecule has 3 aromatic rings. The molecule has 2 heterocycles. The molecule has 1 aliphatic rings. The van der Waals surface area contributed by atoms with E-state index in [9.17, 15) is 9.59 Å². The number of nitrogens with zero attached hydrogens (tertiary/aromatic N) is 3. The zero-order chi connectivity index (χ0) is 19.5. The van der Waals surface area contributed by atoms with Gasteiger partial charge in [-0.25, -0.2) is 4.68 Å². The van der Waals surface area contributed by atoms with Gasteiger partial charge >= 0.3 is 0 Å². The Morgan fingerprint density at radius 1 is 1.00 bits per heavy atom. The third-order valence-electron chi connectivity index (χ3n) is 5.42. The quantitative estimate of drug-likeness (QED) is 0.737. The fourth-order valence-electron chi connectivity index (χ4n) is 3.84. The molecule has 1 saturated heterocycles. The number of quaternary nitrogens is 1. The zero-order valence-corrected chi connectivity index (χ0v) is 16.1. The summed E-state index contributed by atoms with van der Waals surface area (Å²) in [6, 6.07) is 17.7. The number of hydrogen-bond acceptors (Lipinski definition) is 3. The summed E-state index contributed by atoms with van der Waals surface area (Å²) in [4.78, 5) is 29.0. The van der Waals surface area contributed by atoms with Crippen molar-refractivity contribution in [2.45, 2.75) is 20.0 Å². The van der Waals surface area contributed by atoms with Crippen LogP contribution in [0.5, 0.6) is 0 Å². The van der Waals surface area contributed by atoms with Crippen LogP contribution in [0.4, 0.5) is 0 Å². The fraction of sp³-hybridized carbons (Fsp3) is 0.318. The Morgan fingerprint density at radius 2 is 1.64 bits per heavy atom. The molecule has 1 fully saturated rings. The van der Waals surface area contributed by atoms with Crippen LogP contribution in [-0.4, -0.2) is 46.8 Å². The maximum atomic E-state index is 13.2. The number of rotatable bonds is 4. The lowest BCUT2D eigenvalue weighted by molar-refractivity contribution is -0.917. The largest absolute Gasteiger partial charge is 0.328 e. The predicted octanol–water partition coefficient (Wildman–Crippen LogP) is 0.957. The number of fused-ring (bicyclic) bond motifs is 1. The van der Waals surface area contributed by atoms with Gasteiger partial charge in [0.05, 0.1) is 31.6 Å². The second kappa shape index (κ2) is 7.94. The van der Waals surface area contributed by atoms with Crippen LogP contribution in [-0.2, 0) is 13.1 Å². The summed E-state index contributed by atoms with van der Waals surface area (Å²) in [6.07, 6.45) is 0. The van der Waals surface area contributed by atoms with Crippen LogP contribution in [0.1, 0.15) is 23.0 Å². The first-order valence-corrected chi connectivity index (χ1v) is 9.84. The highest BCUT2D eigenvalue weighted by atomic mass is 16.2. The van der Waals surface area contributed by atoms with Gasteiger partial charge in [-0.15, -0.1) is 0 Å². The van der Waals surface area contributed by atoms with Crippen LogP contribution in [0.25, 0.3) is 10.8 Å². The number of nitrogens with one attached hydrogen (secondary N) is 1. The van der Waals surface area contributed by atoms with Crippen molar-refractivity contribution < 1.29 is 9.69 Å². The standard InChI is InChI=1S/C22H24N4O2/c1-2-26-21(27)19-11-7-6-10-18(19)20(23-26)22(28)25-14-12-24(13-15-25)16-17-8-4-3-5-9-17/h3-11H,2,12-16H2,1H3/p+1. The van der Waals surface area contributed by atoms with Crippen molar-refractivity contribution in [1.29, 1.82) is 0 Å². The molecule has 0 saturated carbocycles. The van der Waals surface area contributed by atoms with Gasteiger partial charge in [-0.1, -0.05) is 48.5 Å². The maximum Gasteiger partial charge on any atom is 0.275 e. The Bertz CT molecular complexity index is 1040. The van der Waals surface area contributed by atoms with E-state index in [1.54, 1.807) is 6.07 Å². The van der Waals surface area contributed by atoms with Crippen molar-refractivity contribution in [3.63, 3.8) is 0 Å². The van der Waals surface area contributed by atoms with Crippen molar-refractivity contribution in [3.05, 3.63) is 76.2 Å². The molecule has 0 radical (unpaired) electrons. The molecule has 4 rings (SSSR count). The minimum atomic E-state index is -0.147. The molecule has 2 aromatic carbocycles. The fourth-order valence-corrected chi connectivity index (χ4v) is 3.84. The third kappa shape index (κ3) is 3.55. The number of benzene rings is 2. The molecule has 1 N–H and O–H groups in total. The molecule has 0 bridgehead atoms. The summed E-state index contributed by atoms with van der Waals surface area (Å²) in [5, 5.41) is 5.58. The minimum Gasteiger partial charge on any atom is -0.328 e. The second-order valence-electron chi connectivity index (χ2n) is 7.22. The van der Waals surface area contributed by atoms with Gasteiger partial charge in [0.1, 0.15) is 6.54 Å². The van der Waals surface area contributed by atoms with Crippen LogP contribution >= 0.6 is 0 Å². The maximum absolute atomic E-state index is 13.2. The first-order chi connectivity index (χ1) is 13.7. The van der Waals surface area contributed by atoms with Gasteiger partial charge in [0, 0.05) is 17.5 Å². The normalized spacial score (nSPS) is 15.1. The minimum absolute atomic E-state index is 0.0860. The second-order valence-corrected chi connectivity index (χ2v) is 7.22. The van der Waals surface area contributed by atoms with E-state index in [2.05, 4.69) is 29.4 Å². The van der Waals surface area contributed by atoms with Crippen LogP contribution in [0, 0.1) is 0 Å². The van der Waals surface area contributed by atoms with Crippen molar-refractivity contribution >= 4 is 16.7 Å². The SMILES string of the molecule is CCn1nc(C(=O)N2CC[NH+](Cc3ccccc3)CC2)c2ccccc2c1=O. The zero-order valence-electron chi connectivity index (χ0n) is 16.1. The summed E-state index contributed by atoms with van der Waals surface area (Å²) < 4.78 is 1.38. The topological polar surface area (TPSA) is 59.6 Å². The van der Waals surface area contributed by atoms with Crippen molar-refractivity contribution in [3.8, 4) is 0 Å². The molecule has 6 heteroatoms. The Labute approximate surface area is 164 Å². The molecular weight excluding hydrogens is 352 g/mol. The Balaban J connectivity index is 1.53. The Morgan fingerprint density at radius 3 is 2.32 bits per heavy atom. The van der Waals surface area contributed by atoms with Gasteiger partial charge in [-0.3, -0.25) is 9.59 Å². The van der Waals surface area contributed by atoms with Gasteiger partial charge in [0.15, 0.2) is 5.69 Å². The van der Waals surface area contributed by atoms with Gasteiger partial charge < -0.3 is 9.80 Å². The van der Waals surface area contributed by atoms with E-state index in [4.69, 9.17) is 0 Å². The first-order valence-electron chi connectivity index (χ1n) is 9.84. The molecule has 0 aliphatic carbocycles. The van der Waals surface area contributed by atoms with E-state index >= 15 is 0 Å². The van der Waals surface area contributed by atoms with Gasteiger partial charge in [0.25, 0.3) is 11.5 Å². The number of carbonyl (C=O) groups is 1. The smallest absolute Gasteiger partial charge is 0.275 e. The first kappa shape index (κ1) is 18.4. The lowest BCUT2D eigenvalue weighted by Crippen LogP contribution is -3.13. The highest BCUT2D eigenvalue weighted by molar-refractivity contribution is 6.04. The summed E-state index contributed by atoms with van der Waals surface area (Å²) in [5.41, 5.74) is 1.55. The third-order valence-corrected chi connectivity index (χ3v) is 5.42. The van der Waals surface area contributed by atoms with Gasteiger partial charge in [-0.05, 0) is 13.0 Å². The lowest BCUT2D eigenvalue weighted by Gasteiger charge is -2.32. The summed E-state index contributed by atoms with van der Waals surface area (Å²) in [6.45, 7) is 6.50. The Kier molecular flexibility index (Phi) is 5.21. The van der Waals surface area contributed by atoms with Crippen LogP contribution < -0.4 is 10.5 Å². The van der Waals surface area contributed by atoms with Crippen LogP contribution in [0.15, 0.2) is 59.4 Å². The molecule has 144 valence electrons. The highest BCUT2D eigenvalue weighted by Crippen LogP contribution is 2.15. The summed E-state index contributed by atoms with van der Waals surface area (Å²) in [7, 11) is 0. The molecule has 1 aliphatic heterocycles. The van der Waals surface area contributed by atoms with E-state index in [1.807, 2.05) is 36.1 Å². The number of piperazine rings is 1. The lowest BCUT2D eigenvalue weighted by atomic mass is 10.1. The van der Waals surface area contributed by atoms with Crippen LogP contribution in [0.2, 0.25) is 0 Å². The highest BCUT2D eigenvalue weighted by Gasteiger charge is 2.27. The Hall–Kier alpha value is -2.99. The van der Waals surface area contributed by atoms with Gasteiger partial charge in [0.2, 0.25) is 0 Å². The number of aromatic nitrogens is 2. The van der Waals surface area contributed by atoms with E-state index in [0.29, 0.717) is 36.1 Å². The molecule has 6 nitrogen and oxygen atoms in total. The average Bonchev–Trinajstić information content (AvgIpc) is 2.75. The van der Waals surface area contributed by atoms with Crippen molar-refractivity contribution in [2.24, 2.45) is 0 Å². The number of carbonyl (C=O) groups excluding carboxylic acids is 1. The summed E-state index contributed by atoms with van der Waals surface area (Å²) >= 11 is 0. The monoisotopic (exact) mass is 377 g/mol. The van der Waals surface area contributed by atoms with E-state index in [-0.39, 0.29) is 11.5 Å². The van der Waals surface area contributed by atoms with E-state index < -0.39 is 0 Å². The number of hydrogen-bond donors (Lipinski definition) is 1. The molecular formula is C22H25N4O2+. The van der Waals surface area contributed by atoms with E-state index in [0.717, 1.165) is 19.6 Å². The number of aryl methyl sites for hydroxylation is 1. The van der Waals surface area contributed by atoms with Crippen molar-refractivity contribution in [1.82, 2.24) is 14.7 Å². The predicted molar refractivity (Wildman–Crippen MR) is 108 cm³/mol. The molecule has 0 atom stereocenters. The number of amides is 1. The van der Waals surface area contributed by atoms with E-state index in [1.165, 1.54) is 15.1 Å². The molecule has 0 spiro atoms. The molecule has 0 unspecified atom stereocenters.